The first-order valence-electron chi connectivity index (χ1n) is 13.2. The highest BCUT2D eigenvalue weighted by Crippen LogP contribution is 2.37. The maximum Gasteiger partial charge on any atom is 0.290 e. The molecule has 38 heavy (non-hydrogen) atoms. The Hall–Kier alpha value is -3.32. The number of aryl methyl sites for hydroxylation is 3. The molecule has 6 nitrogen and oxygen atoms in total. The third kappa shape index (κ3) is 6.76. The fourth-order valence-corrected chi connectivity index (χ4v) is 6.53. The maximum atomic E-state index is 11.7. The molecule has 2 aliphatic heterocycles. The highest BCUT2D eigenvalue weighted by Gasteiger charge is 2.22. The van der Waals surface area contributed by atoms with Crippen molar-refractivity contribution in [3.05, 3.63) is 76.9 Å². The van der Waals surface area contributed by atoms with Crippen LogP contribution in [0, 0.1) is 13.8 Å². The quantitative estimate of drug-likeness (QED) is 0.353. The lowest BCUT2D eigenvalue weighted by Crippen LogP contribution is -2.27. The summed E-state index contributed by atoms with van der Waals surface area (Å²) in [6.45, 7) is 6.88. The topological polar surface area (TPSA) is 84.9 Å². The Morgan fingerprint density at radius 3 is 2.47 bits per heavy atom. The number of rotatable bonds is 6. The minimum Gasteiger partial charge on any atom is -0.490 e. The molecule has 0 saturated carbocycles. The van der Waals surface area contributed by atoms with Crippen molar-refractivity contribution in [3.63, 3.8) is 0 Å². The summed E-state index contributed by atoms with van der Waals surface area (Å²) in [6, 6.07) is 19.7. The molecule has 0 spiro atoms. The van der Waals surface area contributed by atoms with Gasteiger partial charge in [0.2, 0.25) is 0 Å². The smallest absolute Gasteiger partial charge is 0.290 e. The van der Waals surface area contributed by atoms with E-state index in [0.717, 1.165) is 54.4 Å². The van der Waals surface area contributed by atoms with Gasteiger partial charge in [-0.15, -0.1) is 0 Å². The van der Waals surface area contributed by atoms with Crippen molar-refractivity contribution in [2.45, 2.75) is 58.6 Å². The molecule has 0 amide bonds. The summed E-state index contributed by atoms with van der Waals surface area (Å²) in [5.41, 5.74) is 8.49. The number of carboxylic acid groups (broad SMARTS) is 1. The fourth-order valence-electron chi connectivity index (χ4n) is 5.27. The molecule has 202 valence electrons. The molecule has 2 N–H and O–H groups in total. The molecule has 2 aliphatic rings. The summed E-state index contributed by atoms with van der Waals surface area (Å²) in [6.07, 6.45) is 4.11. The summed E-state index contributed by atoms with van der Waals surface area (Å²) in [5, 5.41) is 10.6. The van der Waals surface area contributed by atoms with E-state index in [1.807, 2.05) is 0 Å². The van der Waals surface area contributed by atoms with Crippen LogP contribution in [-0.2, 0) is 22.0 Å². The minimum atomic E-state index is -0.669. The van der Waals surface area contributed by atoms with E-state index >= 15 is 0 Å². The number of hydrogen-bond acceptors (Lipinski definition) is 5. The van der Waals surface area contributed by atoms with E-state index in [9.17, 15) is 4.21 Å². The van der Waals surface area contributed by atoms with Crippen molar-refractivity contribution in [1.82, 2.24) is 0 Å². The lowest BCUT2D eigenvalue weighted by atomic mass is 9.92. The van der Waals surface area contributed by atoms with Crippen LogP contribution in [0.1, 0.15) is 54.5 Å². The predicted molar refractivity (Wildman–Crippen MR) is 154 cm³/mol. The molecule has 0 bridgehead atoms. The van der Waals surface area contributed by atoms with Gasteiger partial charge < -0.3 is 19.9 Å². The van der Waals surface area contributed by atoms with E-state index in [0.29, 0.717) is 6.61 Å². The van der Waals surface area contributed by atoms with Crippen LogP contribution in [0.5, 0.6) is 11.5 Å². The largest absolute Gasteiger partial charge is 0.490 e. The van der Waals surface area contributed by atoms with Crippen LogP contribution in [0.2, 0.25) is 0 Å². The van der Waals surface area contributed by atoms with Crippen molar-refractivity contribution >= 4 is 23.0 Å². The molecule has 1 unspecified atom stereocenters. The van der Waals surface area contributed by atoms with Gasteiger partial charge in [0.25, 0.3) is 6.47 Å². The third-order valence-electron chi connectivity index (χ3n) is 7.04. The monoisotopic (exact) mass is 535 g/mol. The normalized spacial score (nSPS) is 20.1. The SMILES string of the molecule is CCCc1ccc2c(c1)OCC(c1cccc(-c3c(C)cc(OC4CCS(=O)CC4)cc3C)c1)N2.O=CO. The van der Waals surface area contributed by atoms with Crippen molar-refractivity contribution < 1.29 is 23.6 Å². The highest BCUT2D eigenvalue weighted by atomic mass is 32.2. The van der Waals surface area contributed by atoms with Gasteiger partial charge in [-0.25, -0.2) is 0 Å². The minimum absolute atomic E-state index is 0.111. The van der Waals surface area contributed by atoms with Gasteiger partial charge in [-0.05, 0) is 96.8 Å². The first kappa shape index (κ1) is 27.7. The van der Waals surface area contributed by atoms with E-state index < -0.39 is 10.8 Å². The number of anilines is 1. The Kier molecular flexibility index (Phi) is 9.45. The number of ether oxygens (including phenoxy) is 2. The van der Waals surface area contributed by atoms with E-state index in [1.165, 1.54) is 33.4 Å². The van der Waals surface area contributed by atoms with Crippen LogP contribution >= 0.6 is 0 Å². The second kappa shape index (κ2) is 13.0. The Balaban J connectivity index is 0.00000107. The zero-order chi connectivity index (χ0) is 27.1. The molecule has 0 aromatic heterocycles. The first-order chi connectivity index (χ1) is 18.4. The van der Waals surface area contributed by atoms with E-state index in [1.54, 1.807) is 0 Å². The molecule has 0 radical (unpaired) electrons. The number of hydrogen-bond donors (Lipinski definition) is 2. The van der Waals surface area contributed by atoms with Gasteiger partial charge in [-0.2, -0.15) is 0 Å². The second-order valence-corrected chi connectivity index (χ2v) is 11.6. The molecule has 5 rings (SSSR count). The van der Waals surface area contributed by atoms with Crippen LogP contribution in [0.3, 0.4) is 0 Å². The number of fused-ring (bicyclic) bond motifs is 1. The third-order valence-corrected chi connectivity index (χ3v) is 8.42. The lowest BCUT2D eigenvalue weighted by Gasteiger charge is -2.28. The van der Waals surface area contributed by atoms with Gasteiger partial charge in [0.05, 0.1) is 11.7 Å². The van der Waals surface area contributed by atoms with Crippen molar-refractivity contribution in [1.29, 1.82) is 0 Å². The predicted octanol–water partition coefficient (Wildman–Crippen LogP) is 6.46. The van der Waals surface area contributed by atoms with Crippen LogP contribution in [-0.4, -0.2) is 40.0 Å². The van der Waals surface area contributed by atoms with Gasteiger partial charge >= 0.3 is 0 Å². The Bertz CT molecular complexity index is 1260. The Morgan fingerprint density at radius 1 is 1.08 bits per heavy atom. The molecule has 3 aromatic carbocycles. The van der Waals surface area contributed by atoms with E-state index in [-0.39, 0.29) is 18.6 Å². The lowest BCUT2D eigenvalue weighted by molar-refractivity contribution is -0.122. The van der Waals surface area contributed by atoms with Gasteiger partial charge in [-0.3, -0.25) is 9.00 Å². The molecular formula is C31H37NO5S. The van der Waals surface area contributed by atoms with Crippen LogP contribution in [0.25, 0.3) is 11.1 Å². The molecule has 0 aliphatic carbocycles. The van der Waals surface area contributed by atoms with Gasteiger partial charge in [0, 0.05) is 22.3 Å². The van der Waals surface area contributed by atoms with Crippen molar-refractivity contribution in [2.75, 3.05) is 23.4 Å². The van der Waals surface area contributed by atoms with Crippen LogP contribution < -0.4 is 14.8 Å². The number of carbonyl (C=O) groups is 1. The highest BCUT2D eigenvalue weighted by molar-refractivity contribution is 7.85. The maximum absolute atomic E-state index is 11.7. The molecule has 1 atom stereocenters. The summed E-state index contributed by atoms with van der Waals surface area (Å²) >= 11 is 0. The number of nitrogens with one attached hydrogen (secondary N) is 1. The molecule has 3 aromatic rings. The van der Waals surface area contributed by atoms with Gasteiger partial charge in [0.1, 0.15) is 24.2 Å². The fraction of sp³-hybridized carbons (Fsp3) is 0.387. The van der Waals surface area contributed by atoms with Crippen molar-refractivity contribution in [2.24, 2.45) is 0 Å². The average molecular weight is 536 g/mol. The summed E-state index contributed by atoms with van der Waals surface area (Å²) in [4.78, 5) is 8.36. The standard InChI is InChI=1S/C30H35NO3S.CH2O2/c1-4-6-22-9-10-27-29(17-22)33-19-28(31-27)23-7-5-8-24(18-23)30-20(2)15-26(16-21(30)3)34-25-11-13-35(32)14-12-25;2-1-3/h5,7-10,15-18,25,28,31H,4,6,11-14,19H2,1-3H3;1H,(H,2,3). The van der Waals surface area contributed by atoms with Gasteiger partial charge in [-0.1, -0.05) is 37.6 Å². The first-order valence-corrected chi connectivity index (χ1v) is 14.7. The molecule has 1 saturated heterocycles. The Morgan fingerprint density at radius 2 is 1.79 bits per heavy atom. The van der Waals surface area contributed by atoms with E-state index in [4.69, 9.17) is 19.4 Å². The van der Waals surface area contributed by atoms with Crippen LogP contribution in [0.15, 0.2) is 54.6 Å². The zero-order valence-electron chi connectivity index (χ0n) is 22.4. The summed E-state index contributed by atoms with van der Waals surface area (Å²) < 4.78 is 24.1. The van der Waals surface area contributed by atoms with E-state index in [2.05, 4.69) is 80.7 Å². The average Bonchev–Trinajstić information content (AvgIpc) is 2.90. The second-order valence-electron chi connectivity index (χ2n) is 9.92. The zero-order valence-corrected chi connectivity index (χ0v) is 23.2. The van der Waals surface area contributed by atoms with Crippen LogP contribution in [0.4, 0.5) is 5.69 Å². The summed E-state index contributed by atoms with van der Waals surface area (Å²) in [7, 11) is -0.669. The molecule has 2 heterocycles. The Labute approximate surface area is 227 Å². The number of benzene rings is 3. The molecule has 1 fully saturated rings. The molecular weight excluding hydrogens is 498 g/mol. The van der Waals surface area contributed by atoms with Crippen molar-refractivity contribution in [3.8, 4) is 22.6 Å². The van der Waals surface area contributed by atoms with Gasteiger partial charge in [0.15, 0.2) is 0 Å². The molecule has 7 heteroatoms. The summed E-state index contributed by atoms with van der Waals surface area (Å²) in [5.74, 6) is 3.36.